The minimum Gasteiger partial charge on any atom is -0.772 e. The normalized spacial score (nSPS) is 12.5. The number of hydroxylamine groups is 1. The summed E-state index contributed by atoms with van der Waals surface area (Å²) in [5, 5.41) is 11.7. The van der Waals surface area contributed by atoms with Gasteiger partial charge < -0.3 is 5.21 Å². The number of hydrogen-bond donors (Lipinski definition) is 0. The van der Waals surface area contributed by atoms with E-state index in [9.17, 15) is 30.8 Å². The van der Waals surface area contributed by atoms with E-state index in [0.29, 0.717) is 0 Å². The van der Waals surface area contributed by atoms with Gasteiger partial charge in [-0.15, -0.1) is 0 Å². The summed E-state index contributed by atoms with van der Waals surface area (Å²) in [6.45, 7) is -1.55. The Morgan fingerprint density at radius 2 is 1.28 bits per heavy atom. The van der Waals surface area contributed by atoms with Crippen LogP contribution in [0.15, 0.2) is 58.3 Å². The molecule has 0 aliphatic rings. The van der Waals surface area contributed by atoms with Gasteiger partial charge in [0, 0.05) is 6.54 Å². The highest BCUT2D eigenvalue weighted by molar-refractivity contribution is 7.89. The van der Waals surface area contributed by atoms with Crippen molar-refractivity contribution in [2.75, 3.05) is 13.2 Å². The van der Waals surface area contributed by atoms with Crippen LogP contribution in [0.25, 0.3) is 0 Å². The first-order chi connectivity index (χ1) is 11.6. The van der Waals surface area contributed by atoms with Gasteiger partial charge in [0.2, 0.25) is 10.0 Å². The predicted octanol–water partition coefficient (Wildman–Crippen LogP) is 1.86. The van der Waals surface area contributed by atoms with Crippen molar-refractivity contribution in [3.8, 4) is 0 Å². The summed E-state index contributed by atoms with van der Waals surface area (Å²) >= 11 is 0. The number of sulfonamides is 1. The lowest BCUT2D eigenvalue weighted by Crippen LogP contribution is -2.29. The number of halogens is 2. The number of hydrogen-bond acceptors (Lipinski definition) is 6. The van der Waals surface area contributed by atoms with Crippen LogP contribution >= 0.6 is 0 Å². The van der Waals surface area contributed by atoms with Gasteiger partial charge >= 0.3 is 0 Å². The highest BCUT2D eigenvalue weighted by Gasteiger charge is 2.19. The molecule has 0 fully saturated rings. The molecular formula is C14H12F2NO6S2-. The fourth-order valence-corrected chi connectivity index (χ4v) is 3.66. The van der Waals surface area contributed by atoms with Gasteiger partial charge in [-0.2, -0.15) is 8.42 Å². The van der Waals surface area contributed by atoms with Crippen molar-refractivity contribution in [2.45, 2.75) is 9.79 Å². The van der Waals surface area contributed by atoms with Crippen molar-refractivity contribution >= 4 is 20.1 Å². The van der Waals surface area contributed by atoms with Crippen LogP contribution < -0.4 is 0 Å². The van der Waals surface area contributed by atoms with Gasteiger partial charge in [-0.25, -0.2) is 17.2 Å². The highest BCUT2D eigenvalue weighted by Crippen LogP contribution is 2.16. The zero-order valence-electron chi connectivity index (χ0n) is 12.5. The highest BCUT2D eigenvalue weighted by atomic mass is 32.2. The van der Waals surface area contributed by atoms with E-state index >= 15 is 0 Å². The first-order valence-corrected chi connectivity index (χ1v) is 9.58. The molecule has 0 aliphatic carbocycles. The third-order valence-electron chi connectivity index (χ3n) is 2.99. The zero-order valence-corrected chi connectivity index (χ0v) is 14.1. The third kappa shape index (κ3) is 4.80. The maximum Gasteiger partial charge on any atom is 0.297 e. The average molecular weight is 392 g/mol. The molecule has 11 heteroatoms. The molecule has 0 amide bonds. The topological polar surface area (TPSA) is 104 Å². The van der Waals surface area contributed by atoms with Gasteiger partial charge in [-0.1, -0.05) is 0 Å². The molecule has 2 aromatic carbocycles. The zero-order chi connectivity index (χ0) is 18.7. The van der Waals surface area contributed by atoms with E-state index in [0.717, 1.165) is 48.5 Å². The molecule has 0 aromatic heterocycles. The standard InChI is InChI=1S/C14H12F2NO6S2/c15-11-1-5-13(6-2-11)24(19,20)17(18)9-10-23-25(21,22)14-7-3-12(16)4-8-14/h1-8H,9-10H2/q-1. The van der Waals surface area contributed by atoms with E-state index in [-0.39, 0.29) is 9.36 Å². The van der Waals surface area contributed by atoms with Crippen molar-refractivity contribution in [3.05, 3.63) is 65.4 Å². The molecule has 0 atom stereocenters. The van der Waals surface area contributed by atoms with Crippen molar-refractivity contribution < 1.29 is 29.8 Å². The molecule has 2 rings (SSSR count). The van der Waals surface area contributed by atoms with Crippen LogP contribution in [0.2, 0.25) is 0 Å². The molecule has 2 aromatic rings. The summed E-state index contributed by atoms with van der Waals surface area (Å²) in [5.41, 5.74) is 0. The van der Waals surface area contributed by atoms with Crippen molar-refractivity contribution in [1.82, 2.24) is 4.47 Å². The monoisotopic (exact) mass is 392 g/mol. The molecule has 0 saturated carbocycles. The summed E-state index contributed by atoms with van der Waals surface area (Å²) in [4.78, 5) is -0.780. The fourth-order valence-electron chi connectivity index (χ4n) is 1.74. The Bertz CT molecular complexity index is 928. The Hall–Kier alpha value is -1.92. The third-order valence-corrected chi connectivity index (χ3v) is 5.91. The maximum absolute atomic E-state index is 12.8. The van der Waals surface area contributed by atoms with Crippen LogP contribution in [-0.4, -0.2) is 34.5 Å². The SMILES string of the molecule is O=S(=O)(OCCN([O-])S(=O)(=O)c1ccc(F)cc1)c1ccc(F)cc1. The van der Waals surface area contributed by atoms with Crippen LogP contribution in [0.4, 0.5) is 8.78 Å². The van der Waals surface area contributed by atoms with Crippen molar-refractivity contribution in [1.29, 1.82) is 0 Å². The van der Waals surface area contributed by atoms with Crippen molar-refractivity contribution in [3.63, 3.8) is 0 Å². The van der Waals surface area contributed by atoms with E-state index < -0.39 is 49.8 Å². The van der Waals surface area contributed by atoms with Gasteiger partial charge in [-0.3, -0.25) is 8.65 Å². The molecule has 7 nitrogen and oxygen atoms in total. The molecule has 0 N–H and O–H groups in total. The van der Waals surface area contributed by atoms with Crippen LogP contribution in [0.5, 0.6) is 0 Å². The van der Waals surface area contributed by atoms with E-state index in [1.54, 1.807) is 0 Å². The Morgan fingerprint density at radius 3 is 1.76 bits per heavy atom. The number of nitrogens with zero attached hydrogens (tertiary/aromatic N) is 1. The largest absolute Gasteiger partial charge is 0.772 e. The molecule has 25 heavy (non-hydrogen) atoms. The van der Waals surface area contributed by atoms with Crippen LogP contribution in [0, 0.1) is 16.8 Å². The number of rotatable bonds is 7. The second-order valence-corrected chi connectivity index (χ2v) is 8.16. The number of benzene rings is 2. The van der Waals surface area contributed by atoms with Crippen LogP contribution in [0.3, 0.4) is 0 Å². The molecule has 0 radical (unpaired) electrons. The lowest BCUT2D eigenvalue weighted by atomic mass is 10.4. The van der Waals surface area contributed by atoms with Gasteiger partial charge in [0.05, 0.1) is 16.4 Å². The van der Waals surface area contributed by atoms with Gasteiger partial charge in [0.1, 0.15) is 11.6 Å². The summed E-state index contributed by atoms with van der Waals surface area (Å²) in [6, 6.07) is 7.32. The molecule has 0 aliphatic heterocycles. The molecule has 0 heterocycles. The smallest absolute Gasteiger partial charge is 0.297 e. The lowest BCUT2D eigenvalue weighted by Gasteiger charge is -2.26. The molecule has 136 valence electrons. The Labute approximate surface area is 143 Å². The Morgan fingerprint density at radius 1 is 0.840 bits per heavy atom. The summed E-state index contributed by atoms with van der Waals surface area (Å²) < 4.78 is 77.3. The second kappa shape index (κ2) is 7.54. The Kier molecular flexibility index (Phi) is 5.85. The minimum absolute atomic E-state index is 0.340. The fraction of sp³-hybridized carbons (Fsp3) is 0.143. The molecule has 0 bridgehead atoms. The maximum atomic E-state index is 12.8. The van der Waals surface area contributed by atoms with E-state index in [1.165, 1.54) is 0 Å². The van der Waals surface area contributed by atoms with E-state index in [1.807, 2.05) is 0 Å². The van der Waals surface area contributed by atoms with Crippen LogP contribution in [0.1, 0.15) is 0 Å². The summed E-state index contributed by atoms with van der Waals surface area (Å²) in [6.07, 6.45) is 0. The molecule has 0 saturated heterocycles. The minimum atomic E-state index is -4.46. The first kappa shape index (κ1) is 19.4. The quantitative estimate of drug-likeness (QED) is 0.526. The van der Waals surface area contributed by atoms with Gasteiger partial charge in [0.15, 0.2) is 0 Å². The second-order valence-electron chi connectivity index (χ2n) is 4.72. The van der Waals surface area contributed by atoms with E-state index in [4.69, 9.17) is 0 Å². The first-order valence-electron chi connectivity index (χ1n) is 6.73. The van der Waals surface area contributed by atoms with Gasteiger partial charge in [-0.05, 0) is 48.5 Å². The van der Waals surface area contributed by atoms with Crippen LogP contribution in [-0.2, 0) is 24.3 Å². The van der Waals surface area contributed by atoms with E-state index in [2.05, 4.69) is 4.18 Å². The molecular weight excluding hydrogens is 380 g/mol. The summed E-state index contributed by atoms with van der Waals surface area (Å²) in [7, 11) is -8.72. The lowest BCUT2D eigenvalue weighted by molar-refractivity contribution is 0.296. The predicted molar refractivity (Wildman–Crippen MR) is 83.2 cm³/mol. The van der Waals surface area contributed by atoms with Gasteiger partial charge in [0.25, 0.3) is 10.1 Å². The summed E-state index contributed by atoms with van der Waals surface area (Å²) in [5.74, 6) is -1.32. The molecule has 0 spiro atoms. The Balaban J connectivity index is 2.00. The average Bonchev–Trinajstić information content (AvgIpc) is 2.55. The molecule has 0 unspecified atom stereocenters. The van der Waals surface area contributed by atoms with Crippen molar-refractivity contribution in [2.24, 2.45) is 0 Å².